The third kappa shape index (κ3) is 3.18. The van der Waals surface area contributed by atoms with Crippen molar-refractivity contribution in [3.8, 4) is 5.75 Å². The van der Waals surface area contributed by atoms with Gasteiger partial charge in [-0.2, -0.15) is 0 Å². The van der Waals surface area contributed by atoms with E-state index in [0.29, 0.717) is 5.56 Å². The molecule has 1 amide bonds. The maximum Gasteiger partial charge on any atom is 0.301 e. The quantitative estimate of drug-likeness (QED) is 0.407. The molecule has 7 nitrogen and oxygen atoms in total. The van der Waals surface area contributed by atoms with E-state index in [1.165, 1.54) is 36.5 Å². The number of aromatic nitrogens is 2. The monoisotopic (exact) mass is 405 g/mol. The van der Waals surface area contributed by atoms with Crippen LogP contribution in [0.5, 0.6) is 5.75 Å². The van der Waals surface area contributed by atoms with Gasteiger partial charge in [-0.25, -0.2) is 9.37 Å². The van der Waals surface area contributed by atoms with Crippen molar-refractivity contribution in [3.05, 3.63) is 89.6 Å². The summed E-state index contributed by atoms with van der Waals surface area (Å²) in [7, 11) is 1.36. The maximum absolute atomic E-state index is 13.9. The van der Waals surface area contributed by atoms with Gasteiger partial charge in [0.05, 0.1) is 24.3 Å². The van der Waals surface area contributed by atoms with Gasteiger partial charge in [0.15, 0.2) is 0 Å². The topological polar surface area (TPSA) is 92.6 Å². The minimum Gasteiger partial charge on any atom is -0.507 e. The Morgan fingerprint density at radius 1 is 1.13 bits per heavy atom. The summed E-state index contributed by atoms with van der Waals surface area (Å²) in [5.41, 5.74) is 0.243. The van der Waals surface area contributed by atoms with E-state index >= 15 is 0 Å². The molecule has 1 aliphatic rings. The molecule has 0 spiro atoms. The number of pyridine rings is 2. The van der Waals surface area contributed by atoms with Crippen LogP contribution in [0.4, 0.5) is 10.2 Å². The number of carbonyl (C=O) groups excluding carboxylic acids is 2. The number of Topliss-reactive ketones (excluding diaryl/α,β-unsaturated/α-hetero) is 1. The van der Waals surface area contributed by atoms with Crippen molar-refractivity contribution in [2.75, 3.05) is 12.0 Å². The van der Waals surface area contributed by atoms with Crippen LogP contribution in [0.25, 0.3) is 5.76 Å². The fraction of sp³-hybridized carbons (Fsp3) is 0.0909. The van der Waals surface area contributed by atoms with Crippen molar-refractivity contribution in [1.29, 1.82) is 0 Å². The van der Waals surface area contributed by atoms with Crippen molar-refractivity contribution in [1.82, 2.24) is 9.97 Å². The highest BCUT2D eigenvalue weighted by molar-refractivity contribution is 6.51. The Morgan fingerprint density at radius 3 is 2.63 bits per heavy atom. The summed E-state index contributed by atoms with van der Waals surface area (Å²) in [5.74, 6) is -2.56. The number of halogens is 1. The Hall–Kier alpha value is -4.07. The van der Waals surface area contributed by atoms with Gasteiger partial charge < -0.3 is 9.84 Å². The number of aliphatic hydroxyl groups excluding tert-OH is 1. The number of hydrogen-bond donors (Lipinski definition) is 1. The average Bonchev–Trinajstić information content (AvgIpc) is 3.05. The Kier molecular flexibility index (Phi) is 4.97. The molecule has 0 radical (unpaired) electrons. The zero-order valence-electron chi connectivity index (χ0n) is 15.8. The molecule has 8 heteroatoms. The van der Waals surface area contributed by atoms with E-state index in [9.17, 15) is 19.1 Å². The second-order valence-corrected chi connectivity index (χ2v) is 6.49. The minimum absolute atomic E-state index is 0.0367. The summed E-state index contributed by atoms with van der Waals surface area (Å²) in [4.78, 5) is 35.3. The first-order chi connectivity index (χ1) is 14.5. The van der Waals surface area contributed by atoms with Gasteiger partial charge in [-0.15, -0.1) is 0 Å². The largest absolute Gasteiger partial charge is 0.507 e. The highest BCUT2D eigenvalue weighted by Gasteiger charge is 2.47. The number of hydrogen-bond acceptors (Lipinski definition) is 6. The van der Waals surface area contributed by atoms with E-state index in [4.69, 9.17) is 4.74 Å². The van der Waals surface area contributed by atoms with E-state index in [1.807, 2.05) is 0 Å². The lowest BCUT2D eigenvalue weighted by Gasteiger charge is -2.24. The van der Waals surface area contributed by atoms with E-state index in [1.54, 1.807) is 36.5 Å². The number of aliphatic hydroxyl groups is 1. The molecule has 1 fully saturated rings. The van der Waals surface area contributed by atoms with Crippen LogP contribution in [-0.2, 0) is 9.59 Å². The van der Waals surface area contributed by atoms with Gasteiger partial charge in [-0.1, -0.05) is 12.1 Å². The van der Waals surface area contributed by atoms with Crippen LogP contribution in [-0.4, -0.2) is 33.9 Å². The molecule has 3 aromatic rings. The van der Waals surface area contributed by atoms with Crippen LogP contribution >= 0.6 is 0 Å². The van der Waals surface area contributed by atoms with Gasteiger partial charge in [-0.05, 0) is 42.0 Å². The summed E-state index contributed by atoms with van der Waals surface area (Å²) in [6, 6.07) is 10.8. The number of ether oxygens (including phenoxy) is 1. The number of amides is 1. The summed E-state index contributed by atoms with van der Waals surface area (Å²) >= 11 is 0. The molecule has 0 bridgehead atoms. The number of carbonyl (C=O) groups is 2. The Bertz CT molecular complexity index is 1150. The van der Waals surface area contributed by atoms with Gasteiger partial charge in [0.2, 0.25) is 0 Å². The molecule has 0 saturated carbocycles. The molecule has 2 aromatic heterocycles. The number of nitrogens with zero attached hydrogens (tertiary/aromatic N) is 3. The molecule has 1 aromatic carbocycles. The molecule has 1 N–H and O–H groups in total. The van der Waals surface area contributed by atoms with Crippen LogP contribution in [0, 0.1) is 5.82 Å². The smallest absolute Gasteiger partial charge is 0.301 e. The van der Waals surface area contributed by atoms with E-state index in [0.717, 1.165) is 6.07 Å². The Labute approximate surface area is 171 Å². The first-order valence-electron chi connectivity index (χ1n) is 8.98. The van der Waals surface area contributed by atoms with Crippen LogP contribution in [0.2, 0.25) is 0 Å². The highest BCUT2D eigenvalue weighted by Crippen LogP contribution is 2.42. The van der Waals surface area contributed by atoms with E-state index < -0.39 is 29.3 Å². The minimum atomic E-state index is -0.999. The predicted octanol–water partition coefficient (Wildman–Crippen LogP) is 3.25. The fourth-order valence-corrected chi connectivity index (χ4v) is 3.43. The summed E-state index contributed by atoms with van der Waals surface area (Å²) in [5, 5.41) is 11.0. The Morgan fingerprint density at radius 2 is 1.97 bits per heavy atom. The Balaban J connectivity index is 1.98. The number of anilines is 1. The van der Waals surface area contributed by atoms with Crippen LogP contribution in [0.15, 0.2) is 72.7 Å². The van der Waals surface area contributed by atoms with E-state index in [2.05, 4.69) is 9.97 Å². The molecule has 1 atom stereocenters. The predicted molar refractivity (Wildman–Crippen MR) is 106 cm³/mol. The zero-order valence-corrected chi connectivity index (χ0v) is 15.8. The number of benzene rings is 1. The SMILES string of the molecule is COc1ccc(F)cc1/C(O)=C1\C(=O)C(=O)N(c2ccccn2)[C@@H]1c1cccnc1. The molecule has 150 valence electrons. The van der Waals surface area contributed by atoms with Crippen LogP contribution in [0.3, 0.4) is 0 Å². The molecule has 3 heterocycles. The zero-order chi connectivity index (χ0) is 21.3. The first-order valence-corrected chi connectivity index (χ1v) is 8.98. The van der Waals surface area contributed by atoms with Gasteiger partial charge in [0, 0.05) is 18.6 Å². The van der Waals surface area contributed by atoms with Crippen LogP contribution in [0.1, 0.15) is 17.2 Å². The third-order valence-electron chi connectivity index (χ3n) is 4.76. The second-order valence-electron chi connectivity index (χ2n) is 6.49. The van der Waals surface area contributed by atoms with E-state index in [-0.39, 0.29) is 22.7 Å². The highest BCUT2D eigenvalue weighted by atomic mass is 19.1. The van der Waals surface area contributed by atoms with Gasteiger partial charge >= 0.3 is 5.91 Å². The summed E-state index contributed by atoms with van der Waals surface area (Å²) in [6.45, 7) is 0. The van der Waals surface area contributed by atoms with Gasteiger partial charge in [0.1, 0.15) is 23.1 Å². The normalized spacial score (nSPS) is 17.9. The summed E-state index contributed by atoms with van der Waals surface area (Å²) < 4.78 is 19.1. The lowest BCUT2D eigenvalue weighted by atomic mass is 9.96. The van der Waals surface area contributed by atoms with Gasteiger partial charge in [0.25, 0.3) is 5.78 Å². The third-order valence-corrected chi connectivity index (χ3v) is 4.76. The lowest BCUT2D eigenvalue weighted by Crippen LogP contribution is -2.30. The number of ketones is 1. The van der Waals surface area contributed by atoms with Crippen molar-refractivity contribution in [2.24, 2.45) is 0 Å². The lowest BCUT2D eigenvalue weighted by molar-refractivity contribution is -0.132. The average molecular weight is 405 g/mol. The maximum atomic E-state index is 13.9. The second kappa shape index (κ2) is 7.75. The number of rotatable bonds is 4. The molecule has 0 unspecified atom stereocenters. The summed E-state index contributed by atoms with van der Waals surface area (Å²) in [6.07, 6.45) is 4.53. The molecule has 1 aliphatic heterocycles. The molecule has 1 saturated heterocycles. The van der Waals surface area contributed by atoms with Gasteiger partial charge in [-0.3, -0.25) is 19.5 Å². The van der Waals surface area contributed by atoms with Crippen molar-refractivity contribution in [2.45, 2.75) is 6.04 Å². The molecular weight excluding hydrogens is 389 g/mol. The fourth-order valence-electron chi connectivity index (χ4n) is 3.43. The molecule has 30 heavy (non-hydrogen) atoms. The molecular formula is C22H16FN3O4. The van der Waals surface area contributed by atoms with Crippen LogP contribution < -0.4 is 9.64 Å². The molecule has 0 aliphatic carbocycles. The molecule has 4 rings (SSSR count). The van der Waals surface area contributed by atoms with Crippen molar-refractivity contribution >= 4 is 23.3 Å². The van der Waals surface area contributed by atoms with Crippen molar-refractivity contribution < 1.29 is 23.8 Å². The first kappa shape index (κ1) is 19.3. The number of methoxy groups -OCH3 is 1. The standard InChI is InChI=1S/C22H16FN3O4/c1-30-16-8-7-14(23)11-15(16)20(27)18-19(13-5-4-9-24-12-13)26(22(29)21(18)28)17-6-2-3-10-25-17/h2-12,19,27H,1H3/b20-18+/t19-/m1/s1. The van der Waals surface area contributed by atoms with Crippen molar-refractivity contribution in [3.63, 3.8) is 0 Å².